The molecule has 1 aromatic carbocycles. The molecule has 0 radical (unpaired) electrons. The molecule has 8 heteroatoms. The van der Waals surface area contributed by atoms with E-state index in [4.69, 9.17) is 5.10 Å². The Bertz CT molecular complexity index is 886. The smallest absolute Gasteiger partial charge is 0.406 e. The lowest BCUT2D eigenvalue weighted by molar-refractivity contribution is -0.274. The van der Waals surface area contributed by atoms with Crippen LogP contribution in [0.5, 0.6) is 5.75 Å². The zero-order chi connectivity index (χ0) is 18.1. The molecule has 1 N–H and O–H groups in total. The molecule has 0 unspecified atom stereocenters. The van der Waals surface area contributed by atoms with Gasteiger partial charge in [-0.2, -0.15) is 5.10 Å². The van der Waals surface area contributed by atoms with Crippen molar-refractivity contribution in [1.82, 2.24) is 9.78 Å². The fraction of sp³-hybridized carbons (Fsp3) is 0.278. The number of fused-ring (bicyclic) bond motifs is 1. The van der Waals surface area contributed by atoms with Crippen LogP contribution >= 0.6 is 11.3 Å². The Balaban J connectivity index is 1.74. The van der Waals surface area contributed by atoms with Crippen LogP contribution in [-0.4, -0.2) is 22.7 Å². The van der Waals surface area contributed by atoms with E-state index in [2.05, 4.69) is 10.1 Å². The van der Waals surface area contributed by atoms with Gasteiger partial charge in [-0.15, -0.1) is 24.5 Å². The van der Waals surface area contributed by atoms with Crippen molar-refractivity contribution in [2.45, 2.75) is 25.6 Å². The van der Waals surface area contributed by atoms with Gasteiger partial charge < -0.3 is 10.1 Å². The minimum absolute atomic E-state index is 0.245. The number of nitrogens with one attached hydrogen (secondary N) is 1. The van der Waals surface area contributed by atoms with Crippen molar-refractivity contribution in [3.8, 4) is 22.0 Å². The number of thiophene rings is 1. The Morgan fingerprint density at radius 1 is 1.12 bits per heavy atom. The molecule has 3 aromatic rings. The first-order chi connectivity index (χ1) is 12.5. The molecule has 0 amide bonds. The highest BCUT2D eigenvalue weighted by molar-refractivity contribution is 7.13. The highest BCUT2D eigenvalue weighted by Gasteiger charge is 2.31. The first-order valence-corrected chi connectivity index (χ1v) is 9.15. The monoisotopic (exact) mass is 379 g/mol. The Morgan fingerprint density at radius 2 is 1.92 bits per heavy atom. The normalized spacial score (nSPS) is 14.4. The third-order valence-electron chi connectivity index (χ3n) is 4.20. The van der Waals surface area contributed by atoms with Crippen molar-refractivity contribution in [1.29, 1.82) is 0 Å². The average Bonchev–Trinajstić information content (AvgIpc) is 3.16. The number of aromatic nitrogens is 2. The summed E-state index contributed by atoms with van der Waals surface area (Å²) >= 11 is 1.62. The Morgan fingerprint density at radius 3 is 2.62 bits per heavy atom. The van der Waals surface area contributed by atoms with Crippen molar-refractivity contribution in [3.63, 3.8) is 0 Å². The maximum atomic E-state index is 12.3. The van der Waals surface area contributed by atoms with Crippen molar-refractivity contribution < 1.29 is 17.9 Å². The SMILES string of the molecule is FC(F)(F)Oc1ccc(-n2nc(-c3cccs3)c3c2NCCCC3)cc1. The quantitative estimate of drug-likeness (QED) is 0.676. The van der Waals surface area contributed by atoms with E-state index in [1.54, 1.807) is 28.2 Å². The summed E-state index contributed by atoms with van der Waals surface area (Å²) in [6.45, 7) is 0.845. The van der Waals surface area contributed by atoms with E-state index < -0.39 is 6.36 Å². The van der Waals surface area contributed by atoms with Gasteiger partial charge in [0, 0.05) is 12.1 Å². The summed E-state index contributed by atoms with van der Waals surface area (Å²) in [6, 6.07) is 9.79. The van der Waals surface area contributed by atoms with Crippen LogP contribution in [0.15, 0.2) is 41.8 Å². The van der Waals surface area contributed by atoms with Crippen LogP contribution in [0.25, 0.3) is 16.3 Å². The molecule has 0 aliphatic carbocycles. The Labute approximate surface area is 152 Å². The highest BCUT2D eigenvalue weighted by Crippen LogP contribution is 2.36. The van der Waals surface area contributed by atoms with E-state index in [1.807, 2.05) is 17.5 Å². The summed E-state index contributed by atoms with van der Waals surface area (Å²) in [5.41, 5.74) is 2.77. The lowest BCUT2D eigenvalue weighted by Crippen LogP contribution is -2.17. The third kappa shape index (κ3) is 3.41. The minimum Gasteiger partial charge on any atom is -0.406 e. The largest absolute Gasteiger partial charge is 0.573 e. The second-order valence-electron chi connectivity index (χ2n) is 5.99. The van der Waals surface area contributed by atoms with E-state index in [-0.39, 0.29) is 5.75 Å². The zero-order valence-electron chi connectivity index (χ0n) is 13.7. The summed E-state index contributed by atoms with van der Waals surface area (Å²) in [5.74, 6) is 0.668. The number of anilines is 1. The predicted molar refractivity (Wildman–Crippen MR) is 95.0 cm³/mol. The lowest BCUT2D eigenvalue weighted by atomic mass is 10.1. The molecule has 26 heavy (non-hydrogen) atoms. The summed E-state index contributed by atoms with van der Waals surface area (Å²) in [6.07, 6.45) is -1.64. The fourth-order valence-corrected chi connectivity index (χ4v) is 3.83. The molecule has 1 aliphatic heterocycles. The van der Waals surface area contributed by atoms with Gasteiger partial charge in [0.1, 0.15) is 17.3 Å². The van der Waals surface area contributed by atoms with Crippen LogP contribution in [0.4, 0.5) is 19.0 Å². The number of rotatable bonds is 3. The summed E-state index contributed by atoms with van der Waals surface area (Å²) < 4.78 is 42.8. The Kier molecular flexibility index (Phi) is 4.36. The van der Waals surface area contributed by atoms with Crippen molar-refractivity contribution in [3.05, 3.63) is 47.3 Å². The Hall–Kier alpha value is -2.48. The third-order valence-corrected chi connectivity index (χ3v) is 5.08. The molecular formula is C18H16F3N3OS. The lowest BCUT2D eigenvalue weighted by Gasteiger charge is -2.11. The van der Waals surface area contributed by atoms with Crippen molar-refractivity contribution in [2.75, 3.05) is 11.9 Å². The van der Waals surface area contributed by atoms with Gasteiger partial charge in [0.25, 0.3) is 0 Å². The predicted octanol–water partition coefficient (Wildman–Crippen LogP) is 5.25. The van der Waals surface area contributed by atoms with Crippen LogP contribution in [0.1, 0.15) is 18.4 Å². The first kappa shape index (κ1) is 17.0. The topological polar surface area (TPSA) is 39.1 Å². The summed E-state index contributed by atoms with van der Waals surface area (Å²) in [5, 5.41) is 10.2. The number of hydrogen-bond donors (Lipinski definition) is 1. The summed E-state index contributed by atoms with van der Waals surface area (Å²) in [7, 11) is 0. The molecule has 0 atom stereocenters. The number of halogens is 3. The average molecular weight is 379 g/mol. The molecule has 0 bridgehead atoms. The molecule has 1 aliphatic rings. The molecule has 0 saturated heterocycles. The molecule has 3 heterocycles. The van der Waals surface area contributed by atoms with Gasteiger partial charge >= 0.3 is 6.36 Å². The molecule has 2 aromatic heterocycles. The zero-order valence-corrected chi connectivity index (χ0v) is 14.5. The van der Waals surface area contributed by atoms with E-state index in [1.165, 1.54) is 12.1 Å². The van der Waals surface area contributed by atoms with E-state index in [9.17, 15) is 13.2 Å². The standard InChI is InChI=1S/C18H16F3N3OS/c19-18(20,21)25-13-8-6-12(7-9-13)24-17-14(4-1-2-10-22-17)16(23-24)15-5-3-11-26-15/h3,5-9,11,22H,1-2,4,10H2. The van der Waals surface area contributed by atoms with Gasteiger partial charge in [-0.05, 0) is 55.0 Å². The van der Waals surface area contributed by atoms with E-state index in [0.717, 1.165) is 47.8 Å². The van der Waals surface area contributed by atoms with Gasteiger partial charge in [0.2, 0.25) is 0 Å². The van der Waals surface area contributed by atoms with Gasteiger partial charge in [0.15, 0.2) is 0 Å². The van der Waals surface area contributed by atoms with Crippen LogP contribution in [0.2, 0.25) is 0 Å². The van der Waals surface area contributed by atoms with Crippen LogP contribution in [-0.2, 0) is 6.42 Å². The number of ether oxygens (including phenoxy) is 1. The van der Waals surface area contributed by atoms with E-state index in [0.29, 0.717) is 5.69 Å². The minimum atomic E-state index is -4.70. The fourth-order valence-electron chi connectivity index (χ4n) is 3.09. The van der Waals surface area contributed by atoms with Crippen LogP contribution in [0, 0.1) is 0 Å². The number of nitrogens with zero attached hydrogens (tertiary/aromatic N) is 2. The van der Waals surface area contributed by atoms with Crippen LogP contribution < -0.4 is 10.1 Å². The van der Waals surface area contributed by atoms with Crippen molar-refractivity contribution >= 4 is 17.2 Å². The number of hydrogen-bond acceptors (Lipinski definition) is 4. The molecule has 0 spiro atoms. The van der Waals surface area contributed by atoms with Crippen molar-refractivity contribution in [2.24, 2.45) is 0 Å². The number of alkyl halides is 3. The van der Waals surface area contributed by atoms with Crippen LogP contribution in [0.3, 0.4) is 0 Å². The van der Waals surface area contributed by atoms with Gasteiger partial charge in [-0.25, -0.2) is 4.68 Å². The molecule has 136 valence electrons. The molecular weight excluding hydrogens is 363 g/mol. The molecule has 0 saturated carbocycles. The van der Waals surface area contributed by atoms with E-state index >= 15 is 0 Å². The molecule has 4 rings (SSSR count). The maximum Gasteiger partial charge on any atom is 0.573 e. The maximum absolute atomic E-state index is 12.3. The van der Waals surface area contributed by atoms with Gasteiger partial charge in [-0.3, -0.25) is 0 Å². The second-order valence-corrected chi connectivity index (χ2v) is 6.94. The molecule has 0 fully saturated rings. The summed E-state index contributed by atoms with van der Waals surface area (Å²) in [4.78, 5) is 1.08. The van der Waals surface area contributed by atoms with Gasteiger partial charge in [-0.1, -0.05) is 6.07 Å². The second kappa shape index (κ2) is 6.68. The highest BCUT2D eigenvalue weighted by atomic mass is 32.1. The number of benzene rings is 1. The first-order valence-electron chi connectivity index (χ1n) is 8.27. The van der Waals surface area contributed by atoms with Gasteiger partial charge in [0.05, 0.1) is 10.6 Å². The molecule has 4 nitrogen and oxygen atoms in total.